The van der Waals surface area contributed by atoms with Crippen molar-refractivity contribution < 1.29 is 23.8 Å². The van der Waals surface area contributed by atoms with E-state index in [0.717, 1.165) is 6.07 Å². The van der Waals surface area contributed by atoms with E-state index in [1.807, 2.05) is 0 Å². The van der Waals surface area contributed by atoms with Gasteiger partial charge >= 0.3 is 0 Å². The molecule has 26 heavy (non-hydrogen) atoms. The number of rotatable bonds is 3. The zero-order valence-corrected chi connectivity index (χ0v) is 15.3. The van der Waals surface area contributed by atoms with E-state index < -0.39 is 11.4 Å². The van der Waals surface area contributed by atoms with Crippen LogP contribution in [0, 0.1) is 11.7 Å². The smallest absolute Gasteiger partial charge is 0.255 e. The first-order valence-corrected chi connectivity index (χ1v) is 8.95. The van der Waals surface area contributed by atoms with Crippen molar-refractivity contribution in [1.82, 2.24) is 9.80 Å². The topological polar surface area (TPSA) is 70.1 Å². The van der Waals surface area contributed by atoms with Gasteiger partial charge in [0.05, 0.1) is 16.2 Å². The lowest BCUT2D eigenvalue weighted by molar-refractivity contribution is -0.148. The molecule has 0 spiro atoms. The SMILES string of the molecule is COCC(=O)N1CC[C@@]2(O)CCN(C(=O)c3cc(F)ccc3Cl)C[C@H]2C1. The van der Waals surface area contributed by atoms with Gasteiger partial charge in [-0.2, -0.15) is 0 Å². The van der Waals surface area contributed by atoms with Crippen LogP contribution in [0.25, 0.3) is 0 Å². The van der Waals surface area contributed by atoms with Crippen molar-refractivity contribution in [3.05, 3.63) is 34.6 Å². The molecule has 8 heteroatoms. The minimum Gasteiger partial charge on any atom is -0.389 e. The molecule has 2 aliphatic rings. The molecule has 2 atom stereocenters. The van der Waals surface area contributed by atoms with Gasteiger partial charge < -0.3 is 19.6 Å². The highest BCUT2D eigenvalue weighted by atomic mass is 35.5. The normalized spacial score (nSPS) is 25.8. The summed E-state index contributed by atoms with van der Waals surface area (Å²) in [5.41, 5.74) is -0.785. The summed E-state index contributed by atoms with van der Waals surface area (Å²) >= 11 is 6.04. The second-order valence-corrected chi connectivity index (χ2v) is 7.36. The minimum atomic E-state index is -0.896. The van der Waals surface area contributed by atoms with Crippen molar-refractivity contribution >= 4 is 23.4 Å². The van der Waals surface area contributed by atoms with Gasteiger partial charge in [-0.3, -0.25) is 9.59 Å². The minimum absolute atomic E-state index is 0.00725. The molecule has 2 heterocycles. The van der Waals surface area contributed by atoms with Gasteiger partial charge in [0, 0.05) is 39.2 Å². The summed E-state index contributed by atoms with van der Waals surface area (Å²) in [6, 6.07) is 3.69. The number of benzene rings is 1. The molecule has 6 nitrogen and oxygen atoms in total. The van der Waals surface area contributed by atoms with Crippen LogP contribution in [0.4, 0.5) is 4.39 Å². The van der Waals surface area contributed by atoms with E-state index in [1.54, 1.807) is 9.80 Å². The number of hydrogen-bond donors (Lipinski definition) is 1. The average Bonchev–Trinajstić information content (AvgIpc) is 2.62. The second-order valence-electron chi connectivity index (χ2n) is 6.95. The Kier molecular flexibility index (Phi) is 5.50. The Bertz CT molecular complexity index is 716. The van der Waals surface area contributed by atoms with Gasteiger partial charge in [0.25, 0.3) is 5.91 Å². The lowest BCUT2D eigenvalue weighted by atomic mass is 9.75. The van der Waals surface area contributed by atoms with Gasteiger partial charge in [0.1, 0.15) is 12.4 Å². The molecule has 142 valence electrons. The van der Waals surface area contributed by atoms with Crippen LogP contribution < -0.4 is 0 Å². The second kappa shape index (κ2) is 7.50. The summed E-state index contributed by atoms with van der Waals surface area (Å²) in [4.78, 5) is 28.1. The van der Waals surface area contributed by atoms with Crippen LogP contribution in [0.2, 0.25) is 5.02 Å². The van der Waals surface area contributed by atoms with Crippen LogP contribution in [-0.2, 0) is 9.53 Å². The van der Waals surface area contributed by atoms with E-state index in [-0.39, 0.29) is 34.9 Å². The number of likely N-dealkylation sites (tertiary alicyclic amines) is 2. The van der Waals surface area contributed by atoms with Gasteiger partial charge in [-0.15, -0.1) is 0 Å². The zero-order chi connectivity index (χ0) is 18.9. The summed E-state index contributed by atoms with van der Waals surface area (Å²) in [5, 5.41) is 11.1. The summed E-state index contributed by atoms with van der Waals surface area (Å²) in [5.74, 6) is -1.29. The molecule has 2 saturated heterocycles. The fourth-order valence-electron chi connectivity index (χ4n) is 3.76. The Morgan fingerprint density at radius 3 is 2.65 bits per heavy atom. The Hall–Kier alpha value is -1.70. The maximum absolute atomic E-state index is 13.5. The fourth-order valence-corrected chi connectivity index (χ4v) is 3.96. The molecule has 0 aliphatic carbocycles. The lowest BCUT2D eigenvalue weighted by Gasteiger charge is -2.50. The number of fused-ring (bicyclic) bond motifs is 1. The van der Waals surface area contributed by atoms with Crippen LogP contribution in [-0.4, -0.2) is 72.2 Å². The summed E-state index contributed by atoms with van der Waals surface area (Å²) in [6.45, 7) is 1.48. The number of nitrogens with zero attached hydrogens (tertiary/aromatic N) is 2. The number of aliphatic hydroxyl groups is 1. The van der Waals surface area contributed by atoms with Crippen molar-refractivity contribution in [1.29, 1.82) is 0 Å². The molecule has 2 fully saturated rings. The Balaban J connectivity index is 1.74. The Morgan fingerprint density at radius 1 is 1.31 bits per heavy atom. The third-order valence-corrected chi connectivity index (χ3v) is 5.67. The van der Waals surface area contributed by atoms with Crippen molar-refractivity contribution in [3.8, 4) is 0 Å². The molecule has 1 aromatic carbocycles. The summed E-state index contributed by atoms with van der Waals surface area (Å²) < 4.78 is 18.4. The summed E-state index contributed by atoms with van der Waals surface area (Å²) in [7, 11) is 1.46. The highest BCUT2D eigenvalue weighted by Gasteiger charge is 2.46. The first-order valence-electron chi connectivity index (χ1n) is 8.57. The maximum Gasteiger partial charge on any atom is 0.255 e. The number of hydrogen-bond acceptors (Lipinski definition) is 4. The quantitative estimate of drug-likeness (QED) is 0.858. The molecule has 1 aromatic rings. The highest BCUT2D eigenvalue weighted by molar-refractivity contribution is 6.33. The molecule has 3 rings (SSSR count). The molecular weight excluding hydrogens is 363 g/mol. The lowest BCUT2D eigenvalue weighted by Crippen LogP contribution is -2.61. The van der Waals surface area contributed by atoms with E-state index >= 15 is 0 Å². The molecule has 2 amide bonds. The molecule has 0 saturated carbocycles. The van der Waals surface area contributed by atoms with Gasteiger partial charge in [-0.25, -0.2) is 4.39 Å². The van der Waals surface area contributed by atoms with E-state index in [4.69, 9.17) is 16.3 Å². The number of amides is 2. The zero-order valence-electron chi connectivity index (χ0n) is 14.6. The molecule has 1 N–H and O–H groups in total. The van der Waals surface area contributed by atoms with Crippen LogP contribution in [0.3, 0.4) is 0 Å². The molecule has 2 aliphatic heterocycles. The van der Waals surface area contributed by atoms with Crippen LogP contribution in [0.15, 0.2) is 18.2 Å². The first-order chi connectivity index (χ1) is 12.3. The van der Waals surface area contributed by atoms with Gasteiger partial charge in [0.15, 0.2) is 0 Å². The standard InChI is InChI=1S/C18H22ClFN2O4/c1-26-11-16(23)21-6-4-18(25)5-7-22(10-12(18)9-21)17(24)14-8-13(20)2-3-15(14)19/h2-3,8,12,25H,4-7,9-11H2,1H3/t12-,18-/m1/s1. The van der Waals surface area contributed by atoms with Gasteiger partial charge in [0.2, 0.25) is 5.91 Å². The molecule has 0 aromatic heterocycles. The maximum atomic E-state index is 13.5. The van der Waals surface area contributed by atoms with Crippen LogP contribution in [0.5, 0.6) is 0 Å². The third-order valence-electron chi connectivity index (χ3n) is 5.34. The molecule has 0 unspecified atom stereocenters. The number of ether oxygens (including phenoxy) is 1. The number of halogens is 2. The number of carbonyl (C=O) groups excluding carboxylic acids is 2. The van der Waals surface area contributed by atoms with Gasteiger partial charge in [-0.1, -0.05) is 11.6 Å². The van der Waals surface area contributed by atoms with Crippen molar-refractivity contribution in [2.45, 2.75) is 18.4 Å². The first kappa shape index (κ1) is 19.1. The monoisotopic (exact) mass is 384 g/mol. The van der Waals surface area contributed by atoms with Crippen LogP contribution >= 0.6 is 11.6 Å². The fraction of sp³-hybridized carbons (Fsp3) is 0.556. The summed E-state index contributed by atoms with van der Waals surface area (Å²) in [6.07, 6.45) is 0.887. The van der Waals surface area contributed by atoms with Crippen LogP contribution in [0.1, 0.15) is 23.2 Å². The Morgan fingerprint density at radius 2 is 1.96 bits per heavy atom. The third kappa shape index (κ3) is 3.70. The van der Waals surface area contributed by atoms with E-state index in [0.29, 0.717) is 39.0 Å². The predicted molar refractivity (Wildman–Crippen MR) is 93.4 cm³/mol. The van der Waals surface area contributed by atoms with E-state index in [1.165, 1.54) is 19.2 Å². The largest absolute Gasteiger partial charge is 0.389 e. The van der Waals surface area contributed by atoms with Gasteiger partial charge in [-0.05, 0) is 31.0 Å². The number of piperidine rings is 2. The molecule has 0 bridgehead atoms. The highest BCUT2D eigenvalue weighted by Crippen LogP contribution is 2.36. The van der Waals surface area contributed by atoms with Crippen molar-refractivity contribution in [2.75, 3.05) is 39.9 Å². The average molecular weight is 385 g/mol. The molecule has 0 radical (unpaired) electrons. The van der Waals surface area contributed by atoms with Crippen molar-refractivity contribution in [2.24, 2.45) is 5.92 Å². The number of methoxy groups -OCH3 is 1. The van der Waals surface area contributed by atoms with Crippen molar-refractivity contribution in [3.63, 3.8) is 0 Å². The number of carbonyl (C=O) groups is 2. The Labute approximate surface area is 156 Å². The van der Waals surface area contributed by atoms with E-state index in [9.17, 15) is 19.1 Å². The molecular formula is C18H22ClFN2O4. The predicted octanol–water partition coefficient (Wildman–Crippen LogP) is 1.55. The van der Waals surface area contributed by atoms with E-state index in [2.05, 4.69) is 0 Å².